The topological polar surface area (TPSA) is 111 Å². The van der Waals surface area contributed by atoms with Gasteiger partial charge < -0.3 is 9.47 Å². The molecule has 4 rings (SSSR count). The molecule has 0 radical (unpaired) electrons. The Morgan fingerprint density at radius 2 is 1.67 bits per heavy atom. The van der Waals surface area contributed by atoms with Gasteiger partial charge in [0.25, 0.3) is 5.56 Å². The third-order valence-electron chi connectivity index (χ3n) is 4.74. The molecular formula is C24H17N3O5S. The van der Waals surface area contributed by atoms with Crippen molar-refractivity contribution in [2.75, 3.05) is 7.11 Å². The molecule has 0 amide bonds. The number of benzene rings is 2. The quantitative estimate of drug-likeness (QED) is 0.403. The maximum absolute atomic E-state index is 13.3. The standard InChI is InChI=1S/C24H17N3O5S/c1-31-20-11-5-6-12-21(20)32-23-19(24(28)27-14-8-7-13-22(27)26-23)15-18(16-25)33(29,30)17-9-3-2-4-10-17/h2-15H,1H3. The third-order valence-corrected chi connectivity index (χ3v) is 6.42. The summed E-state index contributed by atoms with van der Waals surface area (Å²) in [5.74, 6) is 0.498. The number of allylic oxidation sites excluding steroid dienone is 1. The molecule has 2 heterocycles. The van der Waals surface area contributed by atoms with Crippen molar-refractivity contribution >= 4 is 21.6 Å². The Kier molecular flexibility index (Phi) is 5.93. The average Bonchev–Trinajstić information content (AvgIpc) is 2.84. The van der Waals surface area contributed by atoms with Gasteiger partial charge in [0.05, 0.1) is 12.0 Å². The molecular weight excluding hydrogens is 442 g/mol. The minimum Gasteiger partial charge on any atom is -0.493 e. The van der Waals surface area contributed by atoms with Gasteiger partial charge >= 0.3 is 0 Å². The largest absolute Gasteiger partial charge is 0.493 e. The minimum atomic E-state index is -4.18. The maximum Gasteiger partial charge on any atom is 0.269 e. The smallest absolute Gasteiger partial charge is 0.269 e. The number of hydrogen-bond donors (Lipinski definition) is 0. The molecule has 9 heteroatoms. The van der Waals surface area contributed by atoms with E-state index in [0.29, 0.717) is 5.75 Å². The van der Waals surface area contributed by atoms with Gasteiger partial charge in [-0.3, -0.25) is 9.20 Å². The Bertz CT molecular complexity index is 1570. The summed E-state index contributed by atoms with van der Waals surface area (Å²) in [5.41, 5.74) is -0.504. The highest BCUT2D eigenvalue weighted by Crippen LogP contribution is 2.32. The summed E-state index contributed by atoms with van der Waals surface area (Å²) in [6.45, 7) is 0. The predicted molar refractivity (Wildman–Crippen MR) is 122 cm³/mol. The Morgan fingerprint density at radius 1 is 1.00 bits per heavy atom. The van der Waals surface area contributed by atoms with Crippen molar-refractivity contribution < 1.29 is 17.9 Å². The van der Waals surface area contributed by atoms with Crippen LogP contribution in [0.15, 0.2) is 93.6 Å². The van der Waals surface area contributed by atoms with Gasteiger partial charge in [-0.25, -0.2) is 8.42 Å². The van der Waals surface area contributed by atoms with Gasteiger partial charge in [-0.15, -0.1) is 0 Å². The molecule has 0 aliphatic heterocycles. The van der Waals surface area contributed by atoms with Crippen molar-refractivity contribution in [2.45, 2.75) is 4.90 Å². The molecule has 2 aromatic carbocycles. The molecule has 0 aliphatic rings. The summed E-state index contributed by atoms with van der Waals surface area (Å²) in [5, 5.41) is 9.66. The fraction of sp³-hybridized carbons (Fsp3) is 0.0417. The number of methoxy groups -OCH3 is 1. The number of nitriles is 1. The highest BCUT2D eigenvalue weighted by molar-refractivity contribution is 7.95. The van der Waals surface area contributed by atoms with Crippen LogP contribution in [0.4, 0.5) is 0 Å². The van der Waals surface area contributed by atoms with E-state index >= 15 is 0 Å². The Labute approximate surface area is 189 Å². The molecule has 0 saturated carbocycles. The summed E-state index contributed by atoms with van der Waals surface area (Å²) in [4.78, 5) is 17.0. The second kappa shape index (κ2) is 8.98. The molecule has 0 aliphatic carbocycles. The lowest BCUT2D eigenvalue weighted by Gasteiger charge is -2.12. The molecule has 8 nitrogen and oxygen atoms in total. The first-order valence-corrected chi connectivity index (χ1v) is 11.2. The first-order chi connectivity index (χ1) is 16.0. The zero-order chi connectivity index (χ0) is 23.4. The molecule has 0 unspecified atom stereocenters. The van der Waals surface area contributed by atoms with E-state index in [4.69, 9.17) is 9.47 Å². The van der Waals surface area contributed by atoms with Crippen molar-refractivity contribution in [3.8, 4) is 23.4 Å². The molecule has 164 valence electrons. The molecule has 0 bridgehead atoms. The van der Waals surface area contributed by atoms with Crippen LogP contribution in [0.1, 0.15) is 5.56 Å². The predicted octanol–water partition coefficient (Wildman–Crippen LogP) is 3.83. The summed E-state index contributed by atoms with van der Waals surface area (Å²) in [6, 6.07) is 20.9. The van der Waals surface area contributed by atoms with Crippen LogP contribution in [-0.2, 0) is 9.84 Å². The van der Waals surface area contributed by atoms with Crippen LogP contribution in [0.3, 0.4) is 0 Å². The Morgan fingerprint density at radius 3 is 2.36 bits per heavy atom. The van der Waals surface area contributed by atoms with E-state index in [9.17, 15) is 18.5 Å². The van der Waals surface area contributed by atoms with E-state index in [-0.39, 0.29) is 27.7 Å². The third kappa shape index (κ3) is 4.20. The van der Waals surface area contributed by atoms with Crippen molar-refractivity contribution in [3.63, 3.8) is 0 Å². The van der Waals surface area contributed by atoms with E-state index in [2.05, 4.69) is 4.98 Å². The number of fused-ring (bicyclic) bond motifs is 1. The number of rotatable bonds is 6. The summed E-state index contributed by atoms with van der Waals surface area (Å²) >= 11 is 0. The molecule has 0 fully saturated rings. The molecule has 0 atom stereocenters. The molecule has 0 saturated heterocycles. The SMILES string of the molecule is COc1ccccc1Oc1nc2ccccn2c(=O)c1C=C(C#N)S(=O)(=O)c1ccccc1. The fourth-order valence-corrected chi connectivity index (χ4v) is 4.28. The molecule has 2 aromatic heterocycles. The van der Waals surface area contributed by atoms with Gasteiger partial charge in [0.2, 0.25) is 15.7 Å². The van der Waals surface area contributed by atoms with Crippen molar-refractivity contribution in [2.24, 2.45) is 0 Å². The van der Waals surface area contributed by atoms with E-state index in [1.807, 2.05) is 0 Å². The van der Waals surface area contributed by atoms with Gasteiger partial charge in [-0.2, -0.15) is 10.2 Å². The number of hydrogen-bond acceptors (Lipinski definition) is 7. The highest BCUT2D eigenvalue weighted by atomic mass is 32.2. The van der Waals surface area contributed by atoms with Crippen LogP contribution in [-0.4, -0.2) is 24.9 Å². The fourth-order valence-electron chi connectivity index (χ4n) is 3.12. The number of aromatic nitrogens is 2. The molecule has 33 heavy (non-hydrogen) atoms. The van der Waals surface area contributed by atoms with Crippen molar-refractivity contribution in [3.05, 3.63) is 99.8 Å². The zero-order valence-corrected chi connectivity index (χ0v) is 18.2. The van der Waals surface area contributed by atoms with E-state index in [1.165, 1.54) is 29.8 Å². The normalized spacial score (nSPS) is 11.7. The Hall–Kier alpha value is -4.42. The van der Waals surface area contributed by atoms with Crippen LogP contribution in [0.25, 0.3) is 11.7 Å². The van der Waals surface area contributed by atoms with E-state index < -0.39 is 20.3 Å². The summed E-state index contributed by atoms with van der Waals surface area (Å²) in [6.07, 6.45) is 2.48. The van der Waals surface area contributed by atoms with E-state index in [1.54, 1.807) is 66.7 Å². The number of ether oxygens (including phenoxy) is 2. The van der Waals surface area contributed by atoms with Gasteiger partial charge in [-0.1, -0.05) is 36.4 Å². The number of para-hydroxylation sites is 2. The van der Waals surface area contributed by atoms with Crippen LogP contribution < -0.4 is 15.0 Å². The molecule has 0 spiro atoms. The lowest BCUT2D eigenvalue weighted by molar-refractivity contribution is 0.374. The zero-order valence-electron chi connectivity index (χ0n) is 17.4. The van der Waals surface area contributed by atoms with Crippen molar-refractivity contribution in [1.82, 2.24) is 9.38 Å². The average molecular weight is 459 g/mol. The maximum atomic E-state index is 13.3. The van der Waals surface area contributed by atoms with Crippen molar-refractivity contribution in [1.29, 1.82) is 5.26 Å². The van der Waals surface area contributed by atoms with Crippen LogP contribution >= 0.6 is 0 Å². The lowest BCUT2D eigenvalue weighted by atomic mass is 10.2. The summed E-state index contributed by atoms with van der Waals surface area (Å²) < 4.78 is 38.5. The van der Waals surface area contributed by atoms with Crippen LogP contribution in [0.2, 0.25) is 0 Å². The van der Waals surface area contributed by atoms with Gasteiger partial charge in [-0.05, 0) is 42.5 Å². The first kappa shape index (κ1) is 21.8. The van der Waals surface area contributed by atoms with Gasteiger partial charge in [0, 0.05) is 6.20 Å². The van der Waals surface area contributed by atoms with Crippen LogP contribution in [0, 0.1) is 11.3 Å². The number of sulfone groups is 1. The molecule has 4 aromatic rings. The minimum absolute atomic E-state index is 0.0705. The lowest BCUT2D eigenvalue weighted by Crippen LogP contribution is -2.19. The summed E-state index contributed by atoms with van der Waals surface area (Å²) in [7, 11) is -2.71. The molecule has 0 N–H and O–H groups in total. The van der Waals surface area contributed by atoms with E-state index in [0.717, 1.165) is 6.08 Å². The van der Waals surface area contributed by atoms with Gasteiger partial charge in [0.15, 0.2) is 11.5 Å². The number of nitrogens with zero attached hydrogens (tertiary/aromatic N) is 3. The first-order valence-electron chi connectivity index (χ1n) is 9.70. The second-order valence-electron chi connectivity index (χ2n) is 6.75. The Balaban J connectivity index is 1.96. The van der Waals surface area contributed by atoms with Gasteiger partial charge in [0.1, 0.15) is 22.2 Å². The number of pyridine rings is 1. The van der Waals surface area contributed by atoms with Crippen LogP contribution in [0.5, 0.6) is 17.4 Å². The monoisotopic (exact) mass is 459 g/mol. The second-order valence-corrected chi connectivity index (χ2v) is 8.67. The highest BCUT2D eigenvalue weighted by Gasteiger charge is 2.23.